The lowest BCUT2D eigenvalue weighted by molar-refractivity contribution is 0.794. The first-order valence-electron chi connectivity index (χ1n) is 19.7. The Hall–Kier alpha value is -7.69. The van der Waals surface area contributed by atoms with Gasteiger partial charge in [-0.1, -0.05) is 176 Å². The summed E-state index contributed by atoms with van der Waals surface area (Å²) >= 11 is 0. The van der Waals surface area contributed by atoms with Crippen LogP contribution < -0.4 is 5.73 Å². The minimum absolute atomic E-state index is 0.432. The molecule has 2 aliphatic carbocycles. The van der Waals surface area contributed by atoms with Crippen LogP contribution in [0.5, 0.6) is 0 Å². The molecule has 0 amide bonds. The van der Waals surface area contributed by atoms with Crippen molar-refractivity contribution in [2.24, 2.45) is 0 Å². The Morgan fingerprint density at radius 1 is 0.328 bits per heavy atom. The van der Waals surface area contributed by atoms with Crippen LogP contribution >= 0.6 is 0 Å². The average Bonchev–Trinajstić information content (AvgIpc) is 3.77. The van der Waals surface area contributed by atoms with Gasteiger partial charge in [-0.3, -0.25) is 0 Å². The molecule has 0 unspecified atom stereocenters. The second kappa shape index (κ2) is 12.4. The van der Waals surface area contributed by atoms with E-state index >= 15 is 0 Å². The molecule has 0 saturated carbocycles. The standard InChI is InChI=1S/C54H34N4/c55-49-24-12-23-48-50(49)44-31-36(29-30-47(44)54(48)45-21-10-8-19-41(45)42-20-9-11-22-46(42)54)33-25-27-35(28-26-33)52-56-51(34-13-2-1-3-14-34)57-53(58-52)43-32-37-15-4-5-16-38(37)39-17-6-7-18-40(39)43/h1-32H,55H2. The van der Waals surface area contributed by atoms with Gasteiger partial charge in [-0.2, -0.15) is 0 Å². The molecule has 0 saturated heterocycles. The lowest BCUT2D eigenvalue weighted by Gasteiger charge is -2.30. The Labute approximate surface area is 336 Å². The highest BCUT2D eigenvalue weighted by atomic mass is 15.0. The largest absolute Gasteiger partial charge is 0.398 e. The molecule has 4 nitrogen and oxygen atoms in total. The van der Waals surface area contributed by atoms with Crippen LogP contribution in [0, 0.1) is 0 Å². The van der Waals surface area contributed by atoms with E-state index in [1.807, 2.05) is 24.3 Å². The monoisotopic (exact) mass is 738 g/mol. The van der Waals surface area contributed by atoms with Gasteiger partial charge in [0.05, 0.1) is 5.41 Å². The van der Waals surface area contributed by atoms with Crippen molar-refractivity contribution < 1.29 is 0 Å². The number of nitrogens with two attached hydrogens (primary N) is 1. The summed E-state index contributed by atoms with van der Waals surface area (Å²) in [6.45, 7) is 0. The van der Waals surface area contributed by atoms with Gasteiger partial charge in [-0.25, -0.2) is 15.0 Å². The van der Waals surface area contributed by atoms with Crippen molar-refractivity contribution >= 4 is 27.2 Å². The topological polar surface area (TPSA) is 64.7 Å². The van der Waals surface area contributed by atoms with E-state index in [4.69, 9.17) is 20.7 Å². The Kier molecular flexibility index (Phi) is 6.96. The number of hydrogen-bond donors (Lipinski definition) is 1. The highest BCUT2D eigenvalue weighted by Crippen LogP contribution is 2.63. The fraction of sp³-hybridized carbons (Fsp3) is 0.0185. The number of hydrogen-bond acceptors (Lipinski definition) is 4. The fourth-order valence-electron chi connectivity index (χ4n) is 9.79. The third-order valence-corrected chi connectivity index (χ3v) is 12.3. The number of nitrogens with zero attached hydrogens (tertiary/aromatic N) is 3. The van der Waals surface area contributed by atoms with E-state index in [9.17, 15) is 0 Å². The summed E-state index contributed by atoms with van der Waals surface area (Å²) in [6, 6.07) is 69.0. The van der Waals surface area contributed by atoms with Gasteiger partial charge in [0.15, 0.2) is 17.5 Å². The first-order chi connectivity index (χ1) is 28.7. The van der Waals surface area contributed by atoms with Gasteiger partial charge < -0.3 is 5.73 Å². The predicted octanol–water partition coefficient (Wildman–Crippen LogP) is 12.8. The Balaban J connectivity index is 0.993. The van der Waals surface area contributed by atoms with Crippen molar-refractivity contribution in [3.05, 3.63) is 216 Å². The number of aromatic nitrogens is 3. The van der Waals surface area contributed by atoms with E-state index in [-0.39, 0.29) is 0 Å². The average molecular weight is 739 g/mol. The first-order valence-corrected chi connectivity index (χ1v) is 19.7. The summed E-state index contributed by atoms with van der Waals surface area (Å²) in [5.74, 6) is 1.92. The smallest absolute Gasteiger partial charge is 0.164 e. The second-order valence-electron chi connectivity index (χ2n) is 15.3. The van der Waals surface area contributed by atoms with Gasteiger partial charge in [-0.15, -0.1) is 0 Å². The first kappa shape index (κ1) is 32.5. The molecule has 1 aromatic heterocycles. The minimum Gasteiger partial charge on any atom is -0.398 e. The maximum absolute atomic E-state index is 6.90. The summed E-state index contributed by atoms with van der Waals surface area (Å²) in [7, 11) is 0. The fourth-order valence-corrected chi connectivity index (χ4v) is 9.79. The lowest BCUT2D eigenvalue weighted by Crippen LogP contribution is -2.25. The zero-order valence-electron chi connectivity index (χ0n) is 31.4. The predicted molar refractivity (Wildman–Crippen MR) is 237 cm³/mol. The highest BCUT2D eigenvalue weighted by Gasteiger charge is 2.52. The number of nitrogen functional groups attached to an aromatic ring is 1. The van der Waals surface area contributed by atoms with E-state index in [0.29, 0.717) is 17.5 Å². The second-order valence-corrected chi connectivity index (χ2v) is 15.3. The van der Waals surface area contributed by atoms with Crippen LogP contribution in [0.25, 0.3) is 89.1 Å². The zero-order chi connectivity index (χ0) is 38.4. The third kappa shape index (κ3) is 4.60. The molecule has 0 radical (unpaired) electrons. The molecule has 9 aromatic carbocycles. The number of benzene rings is 9. The Bertz CT molecular complexity index is 3250. The maximum atomic E-state index is 6.90. The molecule has 0 bridgehead atoms. The molecule has 58 heavy (non-hydrogen) atoms. The Morgan fingerprint density at radius 3 is 1.60 bits per heavy atom. The number of anilines is 1. The maximum Gasteiger partial charge on any atom is 0.164 e. The van der Waals surface area contributed by atoms with Gasteiger partial charge in [-0.05, 0) is 89.8 Å². The van der Waals surface area contributed by atoms with Crippen LogP contribution in [0.4, 0.5) is 5.69 Å². The summed E-state index contributed by atoms with van der Waals surface area (Å²) in [4.78, 5) is 15.4. The van der Waals surface area contributed by atoms with Gasteiger partial charge in [0.2, 0.25) is 0 Å². The highest BCUT2D eigenvalue weighted by molar-refractivity contribution is 6.13. The molecule has 2 aliphatic rings. The number of fused-ring (bicyclic) bond motifs is 13. The molecule has 2 N–H and O–H groups in total. The minimum atomic E-state index is -0.432. The molecule has 0 atom stereocenters. The Morgan fingerprint density at radius 2 is 0.862 bits per heavy atom. The molecular weight excluding hydrogens is 705 g/mol. The van der Waals surface area contributed by atoms with Gasteiger partial charge >= 0.3 is 0 Å². The zero-order valence-corrected chi connectivity index (χ0v) is 31.4. The molecule has 0 fully saturated rings. The molecule has 0 aliphatic heterocycles. The van der Waals surface area contributed by atoms with Crippen molar-refractivity contribution in [3.8, 4) is 67.5 Å². The molecule has 10 aromatic rings. The van der Waals surface area contributed by atoms with E-state index in [2.05, 4.69) is 170 Å². The summed E-state index contributed by atoms with van der Waals surface area (Å²) in [6.07, 6.45) is 0. The molecule has 1 heterocycles. The van der Waals surface area contributed by atoms with Crippen molar-refractivity contribution in [2.45, 2.75) is 5.41 Å². The summed E-state index contributed by atoms with van der Waals surface area (Å²) in [5.41, 5.74) is 22.3. The van der Waals surface area contributed by atoms with Crippen molar-refractivity contribution in [1.29, 1.82) is 0 Å². The summed E-state index contributed by atoms with van der Waals surface area (Å²) in [5, 5.41) is 4.64. The molecule has 270 valence electrons. The SMILES string of the molecule is Nc1cccc2c1-c1cc(-c3ccc(-c4nc(-c5ccccc5)nc(-c5cc6ccccc6c6ccccc56)n4)cc3)ccc1C21c2ccccc2-c2ccccc21. The number of rotatable bonds is 4. The van der Waals surface area contributed by atoms with Crippen LogP contribution in [-0.2, 0) is 5.41 Å². The molecular formula is C54H34N4. The normalized spacial score (nSPS) is 13.0. The van der Waals surface area contributed by atoms with E-state index in [1.165, 1.54) is 49.7 Å². The van der Waals surface area contributed by atoms with Crippen LogP contribution in [-0.4, -0.2) is 15.0 Å². The summed E-state index contributed by atoms with van der Waals surface area (Å²) < 4.78 is 0. The van der Waals surface area contributed by atoms with Gasteiger partial charge in [0.25, 0.3) is 0 Å². The van der Waals surface area contributed by atoms with E-state index < -0.39 is 5.41 Å². The van der Waals surface area contributed by atoms with Crippen molar-refractivity contribution in [3.63, 3.8) is 0 Å². The van der Waals surface area contributed by atoms with Crippen LogP contribution in [0.2, 0.25) is 0 Å². The quantitative estimate of drug-likeness (QED) is 0.144. The molecule has 12 rings (SSSR count). The van der Waals surface area contributed by atoms with Crippen LogP contribution in [0.15, 0.2) is 194 Å². The van der Waals surface area contributed by atoms with E-state index in [1.54, 1.807) is 0 Å². The van der Waals surface area contributed by atoms with Gasteiger partial charge in [0, 0.05) is 27.9 Å². The molecule has 1 spiro atoms. The van der Waals surface area contributed by atoms with Crippen LogP contribution in [0.3, 0.4) is 0 Å². The van der Waals surface area contributed by atoms with Gasteiger partial charge in [0.1, 0.15) is 0 Å². The van der Waals surface area contributed by atoms with Crippen molar-refractivity contribution in [1.82, 2.24) is 15.0 Å². The lowest BCUT2D eigenvalue weighted by atomic mass is 9.70. The van der Waals surface area contributed by atoms with Crippen LogP contribution in [0.1, 0.15) is 22.3 Å². The van der Waals surface area contributed by atoms with Crippen molar-refractivity contribution in [2.75, 3.05) is 5.73 Å². The van der Waals surface area contributed by atoms with E-state index in [0.717, 1.165) is 49.8 Å². The third-order valence-electron chi connectivity index (χ3n) is 12.3. The molecule has 4 heteroatoms.